The van der Waals surface area contributed by atoms with Gasteiger partial charge in [0.1, 0.15) is 17.3 Å². The van der Waals surface area contributed by atoms with Crippen LogP contribution in [-0.4, -0.2) is 35.5 Å². The van der Waals surface area contributed by atoms with Gasteiger partial charge in [-0.2, -0.15) is 0 Å². The molecule has 1 unspecified atom stereocenters. The number of thiazole rings is 1. The molecule has 5 rings (SSSR count). The van der Waals surface area contributed by atoms with Crippen molar-refractivity contribution in [2.75, 3.05) is 18.6 Å². The minimum Gasteiger partial charge on any atom is -0.507 e. The maximum atomic E-state index is 13.4. The summed E-state index contributed by atoms with van der Waals surface area (Å²) in [6, 6.07) is 20.6. The number of aliphatic hydroxyl groups excluding tert-OH is 1. The quantitative estimate of drug-likeness (QED) is 0.132. The molecule has 0 radical (unpaired) electrons. The number of fused-ring (bicyclic) bond motifs is 1. The van der Waals surface area contributed by atoms with Crippen LogP contribution in [0.5, 0.6) is 11.5 Å². The lowest BCUT2D eigenvalue weighted by Crippen LogP contribution is -2.29. The second-order valence-corrected chi connectivity index (χ2v) is 9.65. The topological polar surface area (TPSA) is 89.0 Å². The molecule has 1 saturated heterocycles. The van der Waals surface area contributed by atoms with E-state index in [1.807, 2.05) is 42.5 Å². The Hall–Kier alpha value is -4.17. The molecule has 1 aliphatic rings. The van der Waals surface area contributed by atoms with Crippen molar-refractivity contribution in [3.63, 3.8) is 0 Å². The number of benzene rings is 3. The van der Waals surface area contributed by atoms with Gasteiger partial charge in [-0.1, -0.05) is 67.1 Å². The first-order chi connectivity index (χ1) is 18.0. The highest BCUT2D eigenvalue weighted by Crippen LogP contribution is 2.44. The standard InChI is InChI=1S/C29H26N2O5S/c1-3-4-16-36-20-12-10-18(11-13-20)25-24(26(32)19-8-6-5-7-9-19)27(33)28(34)31(25)29-30-22-15-14-21(35-2)17-23(22)37-29/h5-15,17,25,32H,3-4,16H2,1-2H3. The number of anilines is 1. The Morgan fingerprint density at radius 1 is 1.03 bits per heavy atom. The molecular formula is C29H26N2O5S. The summed E-state index contributed by atoms with van der Waals surface area (Å²) < 4.78 is 11.9. The minimum atomic E-state index is -0.854. The molecule has 0 spiro atoms. The fraction of sp³-hybridized carbons (Fsp3) is 0.207. The van der Waals surface area contributed by atoms with Crippen molar-refractivity contribution >= 4 is 44.1 Å². The Balaban J connectivity index is 1.63. The highest BCUT2D eigenvalue weighted by molar-refractivity contribution is 7.22. The molecule has 8 heteroatoms. The lowest BCUT2D eigenvalue weighted by atomic mass is 9.95. The fourth-order valence-electron chi connectivity index (χ4n) is 4.30. The van der Waals surface area contributed by atoms with Crippen LogP contribution in [-0.2, 0) is 9.59 Å². The van der Waals surface area contributed by atoms with Crippen LogP contribution in [0.1, 0.15) is 36.9 Å². The Bertz CT molecular complexity index is 1480. The second-order valence-electron chi connectivity index (χ2n) is 8.64. The smallest absolute Gasteiger partial charge is 0.301 e. The highest BCUT2D eigenvalue weighted by Gasteiger charge is 2.48. The first-order valence-corrected chi connectivity index (χ1v) is 12.9. The minimum absolute atomic E-state index is 0.0210. The molecule has 0 saturated carbocycles. The number of hydrogen-bond acceptors (Lipinski definition) is 7. The van der Waals surface area contributed by atoms with Gasteiger partial charge >= 0.3 is 5.91 Å². The van der Waals surface area contributed by atoms with Crippen LogP contribution in [0, 0.1) is 0 Å². The zero-order chi connectivity index (χ0) is 25.9. The van der Waals surface area contributed by atoms with E-state index >= 15 is 0 Å². The SMILES string of the molecule is CCCCOc1ccc(C2C(=C(O)c3ccccc3)C(=O)C(=O)N2c2nc3ccc(OC)cc3s2)cc1. The average molecular weight is 515 g/mol. The maximum absolute atomic E-state index is 13.4. The zero-order valence-electron chi connectivity index (χ0n) is 20.5. The summed E-state index contributed by atoms with van der Waals surface area (Å²) in [5.41, 5.74) is 1.83. The third-order valence-corrected chi connectivity index (χ3v) is 7.26. The molecule has 0 aliphatic carbocycles. The molecule has 1 aromatic heterocycles. The molecule has 3 aromatic carbocycles. The van der Waals surface area contributed by atoms with Crippen molar-refractivity contribution in [3.05, 3.63) is 89.5 Å². The number of rotatable bonds is 8. The summed E-state index contributed by atoms with van der Waals surface area (Å²) in [5.74, 6) is -0.353. The van der Waals surface area contributed by atoms with Crippen LogP contribution in [0.3, 0.4) is 0 Å². The van der Waals surface area contributed by atoms with Gasteiger partial charge in [0.2, 0.25) is 0 Å². The zero-order valence-corrected chi connectivity index (χ0v) is 21.3. The van der Waals surface area contributed by atoms with Crippen molar-refractivity contribution in [3.8, 4) is 11.5 Å². The summed E-state index contributed by atoms with van der Waals surface area (Å²) in [6.45, 7) is 2.71. The third kappa shape index (κ3) is 4.68. The summed E-state index contributed by atoms with van der Waals surface area (Å²) >= 11 is 1.29. The van der Waals surface area contributed by atoms with E-state index < -0.39 is 17.7 Å². The largest absolute Gasteiger partial charge is 0.507 e. The normalized spacial score (nSPS) is 16.9. The molecule has 1 amide bonds. The van der Waals surface area contributed by atoms with Crippen molar-refractivity contribution < 1.29 is 24.2 Å². The molecule has 7 nitrogen and oxygen atoms in total. The highest BCUT2D eigenvalue weighted by atomic mass is 32.1. The van der Waals surface area contributed by atoms with Gasteiger partial charge in [-0.25, -0.2) is 4.98 Å². The van der Waals surface area contributed by atoms with Gasteiger partial charge in [-0.05, 0) is 42.3 Å². The number of nitrogens with zero attached hydrogens (tertiary/aromatic N) is 2. The van der Waals surface area contributed by atoms with Gasteiger partial charge in [-0.15, -0.1) is 0 Å². The van der Waals surface area contributed by atoms with Crippen LogP contribution >= 0.6 is 11.3 Å². The van der Waals surface area contributed by atoms with Gasteiger partial charge < -0.3 is 14.6 Å². The fourth-order valence-corrected chi connectivity index (χ4v) is 5.32. The molecule has 0 bridgehead atoms. The number of ether oxygens (including phenoxy) is 2. The van der Waals surface area contributed by atoms with E-state index in [9.17, 15) is 14.7 Å². The van der Waals surface area contributed by atoms with E-state index in [2.05, 4.69) is 11.9 Å². The summed E-state index contributed by atoms with van der Waals surface area (Å²) in [7, 11) is 1.58. The molecule has 1 fully saturated rings. The summed E-state index contributed by atoms with van der Waals surface area (Å²) in [6.07, 6.45) is 1.97. The molecule has 188 valence electrons. The van der Waals surface area contributed by atoms with E-state index in [0.717, 1.165) is 17.5 Å². The molecule has 2 heterocycles. The number of hydrogen-bond donors (Lipinski definition) is 1. The Morgan fingerprint density at radius 3 is 2.46 bits per heavy atom. The number of carbonyl (C=O) groups is 2. The number of Topliss-reactive ketones (excluding diaryl/α,β-unsaturated/α-hetero) is 1. The molecule has 1 N–H and O–H groups in total. The molecular weight excluding hydrogens is 488 g/mol. The van der Waals surface area contributed by atoms with Crippen molar-refractivity contribution in [2.45, 2.75) is 25.8 Å². The van der Waals surface area contributed by atoms with Gasteiger partial charge in [-0.3, -0.25) is 14.5 Å². The number of aromatic nitrogens is 1. The predicted octanol–water partition coefficient (Wildman–Crippen LogP) is 6.11. The van der Waals surface area contributed by atoms with E-state index in [0.29, 0.717) is 39.9 Å². The Labute approximate surface area is 218 Å². The number of amides is 1. The monoisotopic (exact) mass is 514 g/mol. The Morgan fingerprint density at radius 2 is 1.76 bits per heavy atom. The lowest BCUT2D eigenvalue weighted by molar-refractivity contribution is -0.132. The average Bonchev–Trinajstić information content (AvgIpc) is 3.46. The molecule has 1 atom stereocenters. The molecule has 37 heavy (non-hydrogen) atoms. The van der Waals surface area contributed by atoms with E-state index in [-0.39, 0.29) is 11.3 Å². The predicted molar refractivity (Wildman–Crippen MR) is 144 cm³/mol. The number of carbonyl (C=O) groups excluding carboxylic acids is 2. The van der Waals surface area contributed by atoms with Crippen LogP contribution in [0.2, 0.25) is 0 Å². The van der Waals surface area contributed by atoms with Gasteiger partial charge in [0.25, 0.3) is 5.78 Å². The van der Waals surface area contributed by atoms with Gasteiger partial charge in [0, 0.05) is 5.56 Å². The van der Waals surface area contributed by atoms with Crippen molar-refractivity contribution in [1.82, 2.24) is 4.98 Å². The van der Waals surface area contributed by atoms with Crippen LogP contribution in [0.15, 0.2) is 78.4 Å². The van der Waals surface area contributed by atoms with E-state index in [1.165, 1.54) is 16.2 Å². The number of unbranched alkanes of at least 4 members (excludes halogenated alkanes) is 1. The Kier molecular flexibility index (Phi) is 6.92. The number of methoxy groups -OCH3 is 1. The first-order valence-electron chi connectivity index (χ1n) is 12.1. The molecule has 1 aliphatic heterocycles. The maximum Gasteiger partial charge on any atom is 0.301 e. The van der Waals surface area contributed by atoms with Crippen molar-refractivity contribution in [1.29, 1.82) is 0 Å². The first kappa shape index (κ1) is 24.5. The van der Waals surface area contributed by atoms with Crippen LogP contribution in [0.4, 0.5) is 5.13 Å². The number of aliphatic hydroxyl groups is 1. The van der Waals surface area contributed by atoms with Crippen LogP contribution < -0.4 is 14.4 Å². The molecule has 4 aromatic rings. The van der Waals surface area contributed by atoms with Gasteiger partial charge in [0.15, 0.2) is 5.13 Å². The third-order valence-electron chi connectivity index (χ3n) is 6.24. The lowest BCUT2D eigenvalue weighted by Gasteiger charge is -2.23. The van der Waals surface area contributed by atoms with Crippen molar-refractivity contribution in [2.24, 2.45) is 0 Å². The summed E-state index contributed by atoms with van der Waals surface area (Å²) in [5, 5.41) is 11.6. The van der Waals surface area contributed by atoms with Crippen LogP contribution in [0.25, 0.3) is 16.0 Å². The second kappa shape index (κ2) is 10.4. The summed E-state index contributed by atoms with van der Waals surface area (Å²) in [4.78, 5) is 32.8. The van der Waals surface area contributed by atoms with Gasteiger partial charge in [0.05, 0.1) is 35.5 Å². The van der Waals surface area contributed by atoms with E-state index in [1.54, 1.807) is 37.4 Å². The number of ketones is 1. The van der Waals surface area contributed by atoms with E-state index in [4.69, 9.17) is 9.47 Å².